The van der Waals surface area contributed by atoms with Gasteiger partial charge in [0.15, 0.2) is 5.65 Å². The molecule has 9 heteroatoms. The number of carbonyl (C=O) groups is 2. The Morgan fingerprint density at radius 1 is 1.19 bits per heavy atom. The van der Waals surface area contributed by atoms with Crippen LogP contribution in [-0.4, -0.2) is 33.4 Å². The van der Waals surface area contributed by atoms with E-state index in [2.05, 4.69) is 20.6 Å². The number of H-pyrrole nitrogens is 1. The molecular formula is C23H25N5O4. The van der Waals surface area contributed by atoms with Gasteiger partial charge in [0.1, 0.15) is 0 Å². The van der Waals surface area contributed by atoms with Gasteiger partial charge in [0, 0.05) is 36.5 Å². The molecule has 0 atom stereocenters. The zero-order valence-electron chi connectivity index (χ0n) is 18.2. The lowest BCUT2D eigenvalue weighted by molar-refractivity contribution is 0.0960. The van der Waals surface area contributed by atoms with Gasteiger partial charge in [-0.15, -0.1) is 0 Å². The molecule has 1 fully saturated rings. The average molecular weight is 435 g/mol. The van der Waals surface area contributed by atoms with E-state index in [4.69, 9.17) is 0 Å². The molecule has 0 radical (unpaired) electrons. The zero-order chi connectivity index (χ0) is 23.0. The fourth-order valence-electron chi connectivity index (χ4n) is 3.83. The van der Waals surface area contributed by atoms with Crippen molar-refractivity contribution in [2.24, 2.45) is 0 Å². The van der Waals surface area contributed by atoms with Gasteiger partial charge in [-0.2, -0.15) is 0 Å². The Bertz CT molecular complexity index is 1350. The van der Waals surface area contributed by atoms with Crippen molar-refractivity contribution in [3.8, 4) is 0 Å². The summed E-state index contributed by atoms with van der Waals surface area (Å²) in [6.07, 6.45) is 2.57. The van der Waals surface area contributed by atoms with E-state index in [1.54, 1.807) is 31.2 Å². The molecule has 0 aliphatic heterocycles. The number of aryl methyl sites for hydroxylation is 1. The minimum Gasteiger partial charge on any atom is -0.355 e. The number of aromatic nitrogens is 3. The van der Waals surface area contributed by atoms with Crippen molar-refractivity contribution in [2.45, 2.75) is 45.6 Å². The van der Waals surface area contributed by atoms with Crippen LogP contribution in [0.5, 0.6) is 0 Å². The van der Waals surface area contributed by atoms with Crippen LogP contribution < -0.4 is 21.9 Å². The summed E-state index contributed by atoms with van der Waals surface area (Å²) in [6, 6.07) is 6.69. The first-order chi connectivity index (χ1) is 15.3. The highest BCUT2D eigenvalue weighted by Crippen LogP contribution is 2.40. The first-order valence-corrected chi connectivity index (χ1v) is 10.7. The third kappa shape index (κ3) is 3.81. The van der Waals surface area contributed by atoms with Gasteiger partial charge in [0.2, 0.25) is 0 Å². The van der Waals surface area contributed by atoms with Crippen molar-refractivity contribution in [2.75, 3.05) is 12.4 Å². The summed E-state index contributed by atoms with van der Waals surface area (Å²) in [5, 5.41) is 5.49. The first kappa shape index (κ1) is 21.5. The van der Waals surface area contributed by atoms with Gasteiger partial charge in [-0.25, -0.2) is 9.78 Å². The zero-order valence-corrected chi connectivity index (χ0v) is 18.2. The van der Waals surface area contributed by atoms with Gasteiger partial charge in [-0.1, -0.05) is 13.0 Å². The molecule has 1 aromatic carbocycles. The Hall–Kier alpha value is -3.75. The molecule has 1 aliphatic carbocycles. The molecule has 166 valence electrons. The molecule has 3 N–H and O–H groups in total. The standard InChI is InChI=1S/C23H25N5O4/c1-4-10-28-19-18(22(31)27-23(28)32)15(11-17(25-19)13-8-9-13)21(30)26-16-7-5-6-14(12(16)2)20(29)24-3/h5-7,11,13H,4,8-10H2,1-3H3,(H,24,29)(H,26,30)(H,27,31,32). The smallest absolute Gasteiger partial charge is 0.329 e. The van der Waals surface area contributed by atoms with Gasteiger partial charge < -0.3 is 10.6 Å². The number of nitrogens with zero attached hydrogens (tertiary/aromatic N) is 2. The van der Waals surface area contributed by atoms with E-state index in [-0.39, 0.29) is 28.4 Å². The van der Waals surface area contributed by atoms with Crippen LogP contribution in [0, 0.1) is 6.92 Å². The predicted molar refractivity (Wildman–Crippen MR) is 121 cm³/mol. The van der Waals surface area contributed by atoms with Crippen LogP contribution in [0.2, 0.25) is 0 Å². The summed E-state index contributed by atoms with van der Waals surface area (Å²) in [4.78, 5) is 57.5. The molecule has 9 nitrogen and oxygen atoms in total. The number of amides is 2. The lowest BCUT2D eigenvalue weighted by Gasteiger charge is -2.15. The van der Waals surface area contributed by atoms with Crippen LogP contribution >= 0.6 is 0 Å². The molecule has 3 aromatic rings. The van der Waals surface area contributed by atoms with Gasteiger partial charge in [-0.3, -0.25) is 23.9 Å². The van der Waals surface area contributed by atoms with Crippen LogP contribution in [0.3, 0.4) is 0 Å². The predicted octanol–water partition coefficient (Wildman–Crippen LogP) is 2.29. The average Bonchev–Trinajstić information content (AvgIpc) is 3.62. The lowest BCUT2D eigenvalue weighted by Crippen LogP contribution is -2.32. The van der Waals surface area contributed by atoms with E-state index in [1.807, 2.05) is 6.92 Å². The quantitative estimate of drug-likeness (QED) is 0.548. The third-order valence-electron chi connectivity index (χ3n) is 5.71. The number of hydrogen-bond donors (Lipinski definition) is 3. The molecule has 0 spiro atoms. The fourth-order valence-corrected chi connectivity index (χ4v) is 3.83. The van der Waals surface area contributed by atoms with Crippen molar-refractivity contribution in [1.29, 1.82) is 0 Å². The van der Waals surface area contributed by atoms with Gasteiger partial charge in [0.05, 0.1) is 10.9 Å². The normalized spacial score (nSPS) is 13.2. The molecule has 4 rings (SSSR count). The SMILES string of the molecule is CCCn1c(=O)[nH]c(=O)c2c(C(=O)Nc3cccc(C(=O)NC)c3C)cc(C3CC3)nc21. The summed E-state index contributed by atoms with van der Waals surface area (Å²) in [7, 11) is 1.54. The van der Waals surface area contributed by atoms with E-state index in [1.165, 1.54) is 11.6 Å². The molecule has 0 bridgehead atoms. The topological polar surface area (TPSA) is 126 Å². The summed E-state index contributed by atoms with van der Waals surface area (Å²) < 4.78 is 1.41. The van der Waals surface area contributed by atoms with Crippen molar-refractivity contribution < 1.29 is 9.59 Å². The number of rotatable bonds is 6. The van der Waals surface area contributed by atoms with Gasteiger partial charge >= 0.3 is 5.69 Å². The van der Waals surface area contributed by atoms with E-state index < -0.39 is 17.2 Å². The molecule has 1 aliphatic rings. The van der Waals surface area contributed by atoms with Crippen LogP contribution in [-0.2, 0) is 6.54 Å². The summed E-state index contributed by atoms with van der Waals surface area (Å²) in [5.74, 6) is -0.540. The molecular weight excluding hydrogens is 410 g/mol. The molecule has 1 saturated carbocycles. The van der Waals surface area contributed by atoms with Crippen LogP contribution in [0.4, 0.5) is 5.69 Å². The third-order valence-corrected chi connectivity index (χ3v) is 5.71. The first-order valence-electron chi connectivity index (χ1n) is 10.7. The van der Waals surface area contributed by atoms with E-state index in [0.29, 0.717) is 35.5 Å². The Labute approximate surface area is 183 Å². The number of nitrogens with one attached hydrogen (secondary N) is 3. The highest BCUT2D eigenvalue weighted by atomic mass is 16.2. The second-order valence-corrected chi connectivity index (χ2v) is 7.99. The number of fused-ring (bicyclic) bond motifs is 1. The minimum absolute atomic E-state index is 0.0834. The number of aromatic amines is 1. The van der Waals surface area contributed by atoms with E-state index >= 15 is 0 Å². The number of carbonyl (C=O) groups excluding carboxylic acids is 2. The number of hydrogen-bond acceptors (Lipinski definition) is 5. The lowest BCUT2D eigenvalue weighted by atomic mass is 10.0. The second kappa shape index (κ2) is 8.41. The summed E-state index contributed by atoms with van der Waals surface area (Å²) >= 11 is 0. The summed E-state index contributed by atoms with van der Waals surface area (Å²) in [6.45, 7) is 4.04. The molecule has 32 heavy (non-hydrogen) atoms. The van der Waals surface area contributed by atoms with E-state index in [0.717, 1.165) is 12.8 Å². The molecule has 2 amide bonds. The van der Waals surface area contributed by atoms with Gasteiger partial charge in [-0.05, 0) is 49.9 Å². The Balaban J connectivity index is 1.86. The monoisotopic (exact) mass is 435 g/mol. The Morgan fingerprint density at radius 3 is 2.59 bits per heavy atom. The number of anilines is 1. The van der Waals surface area contributed by atoms with Crippen molar-refractivity contribution in [3.63, 3.8) is 0 Å². The minimum atomic E-state index is -0.645. The maximum atomic E-state index is 13.4. The summed E-state index contributed by atoms with van der Waals surface area (Å²) in [5.41, 5.74) is 1.42. The van der Waals surface area contributed by atoms with Crippen LogP contribution in [0.15, 0.2) is 33.9 Å². The second-order valence-electron chi connectivity index (χ2n) is 7.99. The molecule has 0 saturated heterocycles. The maximum absolute atomic E-state index is 13.4. The van der Waals surface area contributed by atoms with Crippen molar-refractivity contribution in [3.05, 3.63) is 67.5 Å². The highest BCUT2D eigenvalue weighted by Gasteiger charge is 2.29. The molecule has 2 heterocycles. The largest absolute Gasteiger partial charge is 0.355 e. The number of pyridine rings is 1. The molecule has 2 aromatic heterocycles. The fraction of sp³-hybridized carbons (Fsp3) is 0.348. The van der Waals surface area contributed by atoms with Crippen molar-refractivity contribution >= 4 is 28.5 Å². The maximum Gasteiger partial charge on any atom is 0.329 e. The van der Waals surface area contributed by atoms with E-state index in [9.17, 15) is 19.2 Å². The highest BCUT2D eigenvalue weighted by molar-refractivity contribution is 6.12. The Kier molecular flexibility index (Phi) is 5.65. The molecule has 0 unspecified atom stereocenters. The number of benzene rings is 1. The van der Waals surface area contributed by atoms with Gasteiger partial charge in [0.25, 0.3) is 17.4 Å². The van der Waals surface area contributed by atoms with Crippen molar-refractivity contribution in [1.82, 2.24) is 19.9 Å². The Morgan fingerprint density at radius 2 is 1.94 bits per heavy atom. The van der Waals surface area contributed by atoms with Crippen LogP contribution in [0.25, 0.3) is 11.0 Å². The van der Waals surface area contributed by atoms with Crippen LogP contribution in [0.1, 0.15) is 64.1 Å².